The van der Waals surface area contributed by atoms with Crippen molar-refractivity contribution < 1.29 is 0 Å². The Labute approximate surface area is 158 Å². The summed E-state index contributed by atoms with van der Waals surface area (Å²) in [6.45, 7) is 3.83. The Morgan fingerprint density at radius 2 is 2.11 bits per heavy atom. The quantitative estimate of drug-likeness (QED) is 0.549. The molecule has 1 N–H and O–H groups in total. The summed E-state index contributed by atoms with van der Waals surface area (Å²) in [5.41, 5.74) is 4.29. The largest absolute Gasteiger partial charge is 0.361 e. The van der Waals surface area contributed by atoms with Crippen LogP contribution in [0, 0.1) is 0 Å². The molecule has 0 aliphatic heterocycles. The summed E-state index contributed by atoms with van der Waals surface area (Å²) in [6, 6.07) is 12.6. The lowest BCUT2D eigenvalue weighted by Gasteiger charge is -2.27. The Morgan fingerprint density at radius 3 is 2.96 bits per heavy atom. The molecule has 6 nitrogen and oxygen atoms in total. The normalized spacial score (nSPS) is 16.3. The van der Waals surface area contributed by atoms with Gasteiger partial charge in [-0.05, 0) is 42.5 Å². The molecule has 1 aliphatic rings. The van der Waals surface area contributed by atoms with E-state index in [0.717, 1.165) is 36.1 Å². The van der Waals surface area contributed by atoms with E-state index >= 15 is 0 Å². The number of hydrogen-bond acceptors (Lipinski definition) is 5. The lowest BCUT2D eigenvalue weighted by atomic mass is 9.88. The van der Waals surface area contributed by atoms with Gasteiger partial charge in [0.15, 0.2) is 5.82 Å². The van der Waals surface area contributed by atoms with E-state index < -0.39 is 0 Å². The van der Waals surface area contributed by atoms with Gasteiger partial charge >= 0.3 is 0 Å². The molecular weight excluding hydrogens is 336 g/mol. The minimum atomic E-state index is 0.208. The maximum Gasteiger partial charge on any atom is 0.237 e. The zero-order chi connectivity index (χ0) is 18.6. The molecule has 0 bridgehead atoms. The summed E-state index contributed by atoms with van der Waals surface area (Å²) in [5, 5.41) is 3.62. The fourth-order valence-corrected chi connectivity index (χ4v) is 3.55. The van der Waals surface area contributed by atoms with E-state index in [9.17, 15) is 0 Å². The van der Waals surface area contributed by atoms with Crippen LogP contribution in [0.2, 0.25) is 0 Å². The average Bonchev–Trinajstić information content (AvgIpc) is 2.72. The van der Waals surface area contributed by atoms with Gasteiger partial charge in [-0.2, -0.15) is 4.98 Å². The fraction of sp³-hybridized carbons (Fsp3) is 0.238. The van der Waals surface area contributed by atoms with Crippen LogP contribution in [0.5, 0.6) is 0 Å². The van der Waals surface area contributed by atoms with Gasteiger partial charge in [0.1, 0.15) is 5.52 Å². The number of rotatable bonds is 5. The van der Waals surface area contributed by atoms with E-state index in [-0.39, 0.29) is 6.04 Å². The molecule has 0 fully saturated rings. The molecule has 1 aromatic carbocycles. The molecule has 27 heavy (non-hydrogen) atoms. The van der Waals surface area contributed by atoms with Crippen LogP contribution < -0.4 is 10.2 Å². The van der Waals surface area contributed by atoms with Gasteiger partial charge in [0.2, 0.25) is 5.95 Å². The summed E-state index contributed by atoms with van der Waals surface area (Å²) in [5.74, 6) is 1.25. The number of aliphatic imine (C=N–C) groups is 1. The van der Waals surface area contributed by atoms with Gasteiger partial charge in [-0.25, -0.2) is 4.98 Å². The van der Waals surface area contributed by atoms with Gasteiger partial charge in [0.25, 0.3) is 0 Å². The lowest BCUT2D eigenvalue weighted by molar-refractivity contribution is 0.599. The molecule has 6 heteroatoms. The third-order valence-corrected chi connectivity index (χ3v) is 4.79. The van der Waals surface area contributed by atoms with Crippen molar-refractivity contribution in [2.24, 2.45) is 4.99 Å². The van der Waals surface area contributed by atoms with E-state index in [4.69, 9.17) is 4.98 Å². The number of anilines is 2. The van der Waals surface area contributed by atoms with E-state index in [0.29, 0.717) is 5.95 Å². The molecule has 1 atom stereocenters. The number of nitrogens with one attached hydrogen (secondary N) is 1. The highest BCUT2D eigenvalue weighted by Gasteiger charge is 2.22. The van der Waals surface area contributed by atoms with Crippen molar-refractivity contribution in [2.75, 3.05) is 17.3 Å². The van der Waals surface area contributed by atoms with Crippen molar-refractivity contribution in [3.63, 3.8) is 0 Å². The van der Waals surface area contributed by atoms with Crippen LogP contribution in [-0.2, 0) is 6.42 Å². The monoisotopic (exact) mass is 358 g/mol. The van der Waals surface area contributed by atoms with Crippen LogP contribution in [0.1, 0.15) is 30.0 Å². The summed E-state index contributed by atoms with van der Waals surface area (Å²) in [7, 11) is 1.71. The minimum absolute atomic E-state index is 0.208. The van der Waals surface area contributed by atoms with Crippen molar-refractivity contribution >= 4 is 29.1 Å². The number of pyridine rings is 1. The zero-order valence-corrected chi connectivity index (χ0v) is 15.3. The summed E-state index contributed by atoms with van der Waals surface area (Å²) < 4.78 is 0. The molecule has 0 spiro atoms. The molecule has 0 radical (unpaired) electrons. The molecule has 2 heterocycles. The zero-order valence-electron chi connectivity index (χ0n) is 15.3. The molecular formula is C21H22N6. The summed E-state index contributed by atoms with van der Waals surface area (Å²) >= 11 is 0. The SMILES string of the molecule is C=CN(C=NC)c1nc(N[C@H]2CCCc3ccccc32)c2ncccc2n1. The van der Waals surface area contributed by atoms with Crippen molar-refractivity contribution in [3.05, 3.63) is 66.5 Å². The van der Waals surface area contributed by atoms with E-state index in [1.807, 2.05) is 12.1 Å². The number of benzene rings is 1. The second-order valence-corrected chi connectivity index (χ2v) is 6.49. The van der Waals surface area contributed by atoms with Crippen molar-refractivity contribution in [1.29, 1.82) is 0 Å². The summed E-state index contributed by atoms with van der Waals surface area (Å²) in [6.07, 6.45) is 8.39. The molecule has 0 unspecified atom stereocenters. The van der Waals surface area contributed by atoms with E-state index in [1.165, 1.54) is 11.1 Å². The molecule has 3 aromatic rings. The van der Waals surface area contributed by atoms with Crippen molar-refractivity contribution in [3.8, 4) is 0 Å². The first-order chi connectivity index (χ1) is 13.3. The summed E-state index contributed by atoms with van der Waals surface area (Å²) in [4.78, 5) is 19.6. The first-order valence-corrected chi connectivity index (χ1v) is 9.10. The molecule has 0 amide bonds. The van der Waals surface area contributed by atoms with E-state index in [2.05, 4.69) is 51.1 Å². The van der Waals surface area contributed by atoms with Gasteiger partial charge in [-0.15, -0.1) is 0 Å². The van der Waals surface area contributed by atoms with Crippen molar-refractivity contribution in [1.82, 2.24) is 15.0 Å². The second kappa shape index (κ2) is 7.53. The number of aromatic nitrogens is 3. The third-order valence-electron chi connectivity index (χ3n) is 4.79. The van der Waals surface area contributed by atoms with Crippen LogP contribution in [0.25, 0.3) is 11.0 Å². The molecule has 136 valence electrons. The highest BCUT2D eigenvalue weighted by atomic mass is 15.3. The second-order valence-electron chi connectivity index (χ2n) is 6.49. The average molecular weight is 358 g/mol. The van der Waals surface area contributed by atoms with Gasteiger partial charge < -0.3 is 5.32 Å². The fourth-order valence-electron chi connectivity index (χ4n) is 3.55. The molecule has 0 saturated carbocycles. The predicted molar refractivity (Wildman–Crippen MR) is 110 cm³/mol. The third kappa shape index (κ3) is 3.38. The predicted octanol–water partition coefficient (Wildman–Crippen LogP) is 4.12. The molecule has 1 aliphatic carbocycles. The Balaban J connectivity index is 1.78. The van der Waals surface area contributed by atoms with Gasteiger partial charge in [-0.1, -0.05) is 30.8 Å². The first-order valence-electron chi connectivity index (χ1n) is 9.10. The Morgan fingerprint density at radius 1 is 1.22 bits per heavy atom. The Hall–Kier alpha value is -3.28. The van der Waals surface area contributed by atoms with Crippen LogP contribution >= 0.6 is 0 Å². The lowest BCUT2D eigenvalue weighted by Crippen LogP contribution is -2.20. The minimum Gasteiger partial charge on any atom is -0.361 e. The topological polar surface area (TPSA) is 66.3 Å². The van der Waals surface area contributed by atoms with Gasteiger partial charge in [0.05, 0.1) is 17.9 Å². The highest BCUT2D eigenvalue weighted by molar-refractivity contribution is 5.88. The van der Waals surface area contributed by atoms with Gasteiger partial charge in [0, 0.05) is 19.4 Å². The highest BCUT2D eigenvalue weighted by Crippen LogP contribution is 2.33. The first kappa shape index (κ1) is 17.1. The standard InChI is InChI=1S/C21H22N6/c1-3-27(14-22-2)21-25-18-12-7-13-23-19(18)20(26-21)24-17-11-6-9-15-8-4-5-10-16(15)17/h3-5,7-8,10,12-14,17H,1,6,9,11H2,2H3,(H,24,25,26)/t17-/m0/s1. The van der Waals surface area contributed by atoms with Crippen LogP contribution in [0.4, 0.5) is 11.8 Å². The number of aryl methyl sites for hydroxylation is 1. The molecule has 4 rings (SSSR count). The Kier molecular flexibility index (Phi) is 4.78. The maximum absolute atomic E-state index is 4.74. The number of nitrogens with zero attached hydrogens (tertiary/aromatic N) is 5. The van der Waals surface area contributed by atoms with Gasteiger partial charge in [-0.3, -0.25) is 14.9 Å². The van der Waals surface area contributed by atoms with Crippen molar-refractivity contribution in [2.45, 2.75) is 25.3 Å². The number of fused-ring (bicyclic) bond motifs is 2. The maximum atomic E-state index is 4.74. The smallest absolute Gasteiger partial charge is 0.237 e. The van der Waals surface area contributed by atoms with E-state index in [1.54, 1.807) is 30.7 Å². The van der Waals surface area contributed by atoms with Crippen LogP contribution in [-0.4, -0.2) is 28.3 Å². The Bertz CT molecular complexity index is 997. The number of hydrogen-bond donors (Lipinski definition) is 1. The van der Waals surface area contributed by atoms with Crippen LogP contribution in [0.15, 0.2) is 60.4 Å². The molecule has 0 saturated heterocycles. The molecule has 2 aromatic heterocycles. The van der Waals surface area contributed by atoms with Crippen LogP contribution in [0.3, 0.4) is 0 Å².